The molecule has 29 heavy (non-hydrogen) atoms. The van der Waals surface area contributed by atoms with Crippen LogP contribution in [-0.2, 0) is 4.74 Å². The molecule has 3 rings (SSSR count). The van der Waals surface area contributed by atoms with E-state index in [1.54, 1.807) is 42.5 Å². The summed E-state index contributed by atoms with van der Waals surface area (Å²) < 4.78 is 10.6. The van der Waals surface area contributed by atoms with Crippen molar-refractivity contribution in [3.8, 4) is 11.6 Å². The molecule has 0 atom stereocenters. The van der Waals surface area contributed by atoms with Gasteiger partial charge in [-0.1, -0.05) is 53.2 Å². The van der Waals surface area contributed by atoms with Crippen molar-refractivity contribution in [2.24, 2.45) is 0 Å². The lowest BCUT2D eigenvalue weighted by Crippen LogP contribution is -2.35. The molecule has 1 heterocycles. The first-order valence-electron chi connectivity index (χ1n) is 8.60. The zero-order valence-electron chi connectivity index (χ0n) is 15.6. The van der Waals surface area contributed by atoms with Gasteiger partial charge in [-0.3, -0.25) is 0 Å². The molecular weight excluding hydrogens is 433 g/mol. The summed E-state index contributed by atoms with van der Waals surface area (Å²) in [6.45, 7) is 1.85. The minimum Gasteiger partial charge on any atom is -0.465 e. The van der Waals surface area contributed by atoms with Crippen molar-refractivity contribution < 1.29 is 14.3 Å². The lowest BCUT2D eigenvalue weighted by Gasteiger charge is -2.16. The maximum atomic E-state index is 11.6. The Bertz CT molecular complexity index is 1030. The monoisotopic (exact) mass is 448 g/mol. The number of benzene rings is 2. The van der Waals surface area contributed by atoms with Crippen LogP contribution in [0.4, 0.5) is 5.69 Å². The number of esters is 1. The Morgan fingerprint density at radius 3 is 2.41 bits per heavy atom. The number of hydrogen-bond acceptors (Lipinski definition) is 5. The summed E-state index contributed by atoms with van der Waals surface area (Å²) in [6.07, 6.45) is 1.49. The van der Waals surface area contributed by atoms with Crippen molar-refractivity contribution in [2.45, 2.75) is 6.82 Å². The summed E-state index contributed by atoms with van der Waals surface area (Å²) in [5.74, 6) is 0.434. The molecule has 0 spiro atoms. The van der Waals surface area contributed by atoms with E-state index in [9.17, 15) is 4.79 Å². The fourth-order valence-corrected chi connectivity index (χ4v) is 3.06. The van der Waals surface area contributed by atoms with Gasteiger partial charge >= 0.3 is 5.97 Å². The highest BCUT2D eigenvalue weighted by Crippen LogP contribution is 2.30. The normalized spacial score (nSPS) is 10.4. The van der Waals surface area contributed by atoms with Crippen molar-refractivity contribution >= 4 is 58.8 Å². The topological polar surface area (TPSA) is 60.5 Å². The average Bonchev–Trinajstić information content (AvgIpc) is 2.72. The Balaban J connectivity index is 1.82. The predicted octanol–water partition coefficient (Wildman–Crippen LogP) is 5.56. The number of nitrogens with one attached hydrogen (secondary N) is 1. The SMILES string of the molecule is COC(=O)c1ccc(Oc2ncc(Cl)cc2NB(C)c2ccc(Cl)c(Cl)c2)cc1. The molecule has 0 saturated heterocycles. The fraction of sp³-hybridized carbons (Fsp3) is 0.100. The van der Waals surface area contributed by atoms with Crippen molar-refractivity contribution in [2.75, 3.05) is 12.3 Å². The molecule has 148 valence electrons. The highest BCUT2D eigenvalue weighted by Gasteiger charge is 2.17. The van der Waals surface area contributed by atoms with E-state index in [-0.39, 0.29) is 6.85 Å². The van der Waals surface area contributed by atoms with Gasteiger partial charge in [0.05, 0.1) is 33.4 Å². The van der Waals surface area contributed by atoms with Crippen molar-refractivity contribution in [1.29, 1.82) is 0 Å². The molecular formula is C20H16BCl3N2O3. The van der Waals surface area contributed by atoms with Crippen molar-refractivity contribution in [3.63, 3.8) is 0 Å². The summed E-state index contributed by atoms with van der Waals surface area (Å²) in [6, 6.07) is 13.7. The number of rotatable bonds is 6. The molecule has 0 bridgehead atoms. The zero-order chi connectivity index (χ0) is 21.0. The highest BCUT2D eigenvalue weighted by molar-refractivity contribution is 6.75. The minimum atomic E-state index is -0.418. The van der Waals surface area contributed by atoms with Gasteiger partial charge in [-0.05, 0) is 42.5 Å². The van der Waals surface area contributed by atoms with E-state index in [0.29, 0.717) is 37.9 Å². The van der Waals surface area contributed by atoms with Gasteiger partial charge in [-0.2, -0.15) is 0 Å². The number of pyridine rings is 1. The summed E-state index contributed by atoms with van der Waals surface area (Å²) in [5.41, 5.74) is 1.97. The summed E-state index contributed by atoms with van der Waals surface area (Å²) in [7, 11) is 1.33. The molecule has 1 aromatic heterocycles. The lowest BCUT2D eigenvalue weighted by molar-refractivity contribution is 0.0600. The number of carbonyl (C=O) groups is 1. The fourth-order valence-electron chi connectivity index (χ4n) is 2.60. The highest BCUT2D eigenvalue weighted by atomic mass is 35.5. The number of aromatic nitrogens is 1. The summed E-state index contributed by atoms with van der Waals surface area (Å²) >= 11 is 18.2. The van der Waals surface area contributed by atoms with Crippen LogP contribution in [0.2, 0.25) is 21.9 Å². The van der Waals surface area contributed by atoms with Gasteiger partial charge in [0.15, 0.2) is 0 Å². The van der Waals surface area contributed by atoms with E-state index in [1.807, 2.05) is 12.9 Å². The molecule has 0 aliphatic heterocycles. The number of ether oxygens (including phenoxy) is 2. The molecule has 2 aromatic carbocycles. The Morgan fingerprint density at radius 2 is 1.76 bits per heavy atom. The average molecular weight is 450 g/mol. The van der Waals surface area contributed by atoms with Gasteiger partial charge in [0.25, 0.3) is 6.85 Å². The third kappa shape index (κ3) is 5.35. The molecule has 0 aliphatic rings. The van der Waals surface area contributed by atoms with Gasteiger partial charge in [0, 0.05) is 6.20 Å². The molecule has 1 N–H and O–H groups in total. The second-order valence-corrected chi connectivity index (χ2v) is 7.41. The number of nitrogens with zero attached hydrogens (tertiary/aromatic N) is 1. The van der Waals surface area contributed by atoms with Crippen LogP contribution in [0.3, 0.4) is 0 Å². The van der Waals surface area contributed by atoms with E-state index >= 15 is 0 Å². The number of carbonyl (C=O) groups excluding carboxylic acids is 1. The first-order valence-corrected chi connectivity index (χ1v) is 9.74. The van der Waals surface area contributed by atoms with Crippen LogP contribution >= 0.6 is 34.8 Å². The maximum Gasteiger partial charge on any atom is 0.337 e. The van der Waals surface area contributed by atoms with Crippen LogP contribution in [0, 0.1) is 0 Å². The van der Waals surface area contributed by atoms with Gasteiger partial charge in [-0.15, -0.1) is 0 Å². The Morgan fingerprint density at radius 1 is 1.03 bits per heavy atom. The Labute approximate surface area is 184 Å². The van der Waals surface area contributed by atoms with Crippen LogP contribution in [0.15, 0.2) is 54.7 Å². The van der Waals surface area contributed by atoms with Crippen LogP contribution in [0.1, 0.15) is 10.4 Å². The number of halogens is 3. The molecule has 0 amide bonds. The Hall–Kier alpha value is -2.41. The predicted molar refractivity (Wildman–Crippen MR) is 118 cm³/mol. The van der Waals surface area contributed by atoms with Crippen LogP contribution in [0.25, 0.3) is 0 Å². The van der Waals surface area contributed by atoms with E-state index in [0.717, 1.165) is 5.46 Å². The zero-order valence-corrected chi connectivity index (χ0v) is 17.8. The van der Waals surface area contributed by atoms with Gasteiger partial charge in [-0.25, -0.2) is 9.78 Å². The van der Waals surface area contributed by atoms with Crippen LogP contribution in [-0.4, -0.2) is 24.9 Å². The standard InChI is InChI=1S/C20H16BCl3N2O3/c1-21(13-5-8-16(23)17(24)9-13)26-18-10-14(22)11-25-19(18)29-15-6-3-12(4-7-15)20(27)28-2/h3-11,26H,1-2H3. The van der Waals surface area contributed by atoms with E-state index in [1.165, 1.54) is 13.3 Å². The third-order valence-electron chi connectivity index (χ3n) is 4.12. The molecule has 0 fully saturated rings. The summed E-state index contributed by atoms with van der Waals surface area (Å²) in [4.78, 5) is 15.8. The minimum absolute atomic E-state index is 0.117. The molecule has 5 nitrogen and oxygen atoms in total. The van der Waals surface area contributed by atoms with E-state index in [2.05, 4.69) is 10.2 Å². The van der Waals surface area contributed by atoms with Crippen LogP contribution in [0.5, 0.6) is 11.6 Å². The quantitative estimate of drug-likeness (QED) is 0.394. The second kappa shape index (κ2) is 9.40. The molecule has 3 aromatic rings. The number of methoxy groups -OCH3 is 1. The smallest absolute Gasteiger partial charge is 0.337 e. The second-order valence-electron chi connectivity index (χ2n) is 6.16. The summed E-state index contributed by atoms with van der Waals surface area (Å²) in [5, 5.41) is 4.75. The molecule has 0 aliphatic carbocycles. The Kier molecular flexibility index (Phi) is 6.90. The first-order chi connectivity index (χ1) is 13.9. The number of anilines is 1. The van der Waals surface area contributed by atoms with E-state index in [4.69, 9.17) is 44.3 Å². The molecule has 0 saturated carbocycles. The largest absolute Gasteiger partial charge is 0.465 e. The third-order valence-corrected chi connectivity index (χ3v) is 5.07. The molecule has 0 unspecified atom stereocenters. The van der Waals surface area contributed by atoms with Crippen LogP contribution < -0.4 is 15.4 Å². The van der Waals surface area contributed by atoms with Gasteiger partial charge < -0.3 is 14.7 Å². The molecule has 9 heteroatoms. The van der Waals surface area contributed by atoms with Gasteiger partial charge in [0.1, 0.15) is 5.75 Å². The van der Waals surface area contributed by atoms with Gasteiger partial charge in [0.2, 0.25) is 5.88 Å². The van der Waals surface area contributed by atoms with E-state index < -0.39 is 5.97 Å². The maximum absolute atomic E-state index is 11.6. The van der Waals surface area contributed by atoms with Crippen molar-refractivity contribution in [1.82, 2.24) is 4.98 Å². The number of hydrogen-bond donors (Lipinski definition) is 1. The van der Waals surface area contributed by atoms with Crippen molar-refractivity contribution in [3.05, 3.63) is 75.4 Å². The molecule has 0 radical (unpaired) electrons. The first kappa shape index (κ1) is 21.3. The lowest BCUT2D eigenvalue weighted by atomic mass is 9.58.